The fraction of sp³-hybridized carbons (Fsp3) is 0.189. The molecular weight excluding hydrogens is 1160 g/mol. The third-order valence-corrected chi connectivity index (χ3v) is 16.7. The van der Waals surface area contributed by atoms with Crippen LogP contribution in [-0.4, -0.2) is 9.55 Å². The minimum Gasteiger partial charge on any atom is -0.509 e. The Morgan fingerprint density at radius 2 is 1.11 bits per heavy atom. The number of anilines is 4. The van der Waals surface area contributed by atoms with Crippen molar-refractivity contribution in [2.24, 2.45) is 0 Å². The molecule has 3 heterocycles. The van der Waals surface area contributed by atoms with Gasteiger partial charge in [0.1, 0.15) is 5.82 Å². The van der Waals surface area contributed by atoms with E-state index in [0.717, 1.165) is 91.0 Å². The minimum atomic E-state index is -0.0615. The van der Waals surface area contributed by atoms with Gasteiger partial charge in [-0.25, -0.2) is 4.98 Å². The summed E-state index contributed by atoms with van der Waals surface area (Å²) in [6.07, 6.45) is 6.63. The molecule has 11 aromatic rings. The summed E-state index contributed by atoms with van der Waals surface area (Å²) in [6.45, 7) is 16.1. The summed E-state index contributed by atoms with van der Waals surface area (Å²) in [5.74, 6) is 3.00. The maximum Gasteiger partial charge on any atom is 0.135 e. The van der Waals surface area contributed by atoms with E-state index in [1.807, 2.05) is 6.20 Å². The third kappa shape index (κ3) is 9.43. The van der Waals surface area contributed by atoms with E-state index < -0.39 is 0 Å². The molecule has 1 saturated carbocycles. The van der Waals surface area contributed by atoms with Gasteiger partial charge in [-0.2, -0.15) is 6.07 Å². The van der Waals surface area contributed by atoms with Gasteiger partial charge >= 0.3 is 0 Å². The van der Waals surface area contributed by atoms with Crippen LogP contribution < -0.4 is 14.5 Å². The van der Waals surface area contributed by atoms with E-state index >= 15 is 0 Å². The average molecular weight is 1220 g/mol. The number of rotatable bonds is 13. The molecule has 2 aliphatic rings. The van der Waals surface area contributed by atoms with Crippen LogP contribution >= 0.6 is 0 Å². The molecule has 2 aromatic heterocycles. The molecule has 0 atom stereocenters. The fourth-order valence-electron chi connectivity index (χ4n) is 12.7. The molecule has 0 unspecified atom stereocenters. The number of benzene rings is 9. The van der Waals surface area contributed by atoms with Crippen LogP contribution in [0, 0.1) is 18.8 Å². The third-order valence-electron chi connectivity index (χ3n) is 16.7. The quantitative estimate of drug-likeness (QED) is 0.108. The zero-order valence-corrected chi connectivity index (χ0v) is 48.6. The van der Waals surface area contributed by atoms with Crippen LogP contribution in [-0.2, 0) is 26.5 Å². The van der Waals surface area contributed by atoms with Crippen LogP contribution in [0.4, 0.5) is 22.7 Å². The standard InChI is InChI=1S/C74H65N4O.Pt/c1-49(2)54-43-65(50(3)4)72(66(44-54)51(5)6)55-41-58(76-48-77(69-34-19-18-33-68(69)76)73-61(52-23-10-7-11-24-52)30-22-31-62(73)53-25-12-8-13-26-53)46-60(42-55)79-59-35-36-64-63-29-16-17-32-67(63)78(70(64)47-59)71-45-57(37-40-75-71)74(38-20-21-39-74)56-27-14-9-15-28-56;/h7-19,22-37,40-45,48-51H,20-21,38-39H2,1-6H3;/q-3;. The molecule has 1 fully saturated rings. The van der Waals surface area contributed by atoms with Gasteiger partial charge in [0.15, 0.2) is 0 Å². The fourth-order valence-corrected chi connectivity index (χ4v) is 12.7. The number of para-hydroxylation sites is 4. The van der Waals surface area contributed by atoms with Crippen LogP contribution in [0.5, 0.6) is 11.5 Å². The van der Waals surface area contributed by atoms with Gasteiger partial charge in [-0.3, -0.25) is 0 Å². The molecule has 0 radical (unpaired) electrons. The van der Waals surface area contributed by atoms with Crippen LogP contribution in [0.25, 0.3) is 61.0 Å². The Morgan fingerprint density at radius 3 is 1.75 bits per heavy atom. The summed E-state index contributed by atoms with van der Waals surface area (Å²) < 4.78 is 9.51. The topological polar surface area (TPSA) is 33.5 Å². The second-order valence-electron chi connectivity index (χ2n) is 22.5. The van der Waals surface area contributed by atoms with E-state index in [1.165, 1.54) is 46.2 Å². The molecule has 1 aliphatic carbocycles. The zero-order valence-electron chi connectivity index (χ0n) is 46.4. The van der Waals surface area contributed by atoms with Crippen molar-refractivity contribution in [2.45, 2.75) is 90.4 Å². The zero-order chi connectivity index (χ0) is 53.8. The molecule has 0 saturated heterocycles. The van der Waals surface area contributed by atoms with Crippen molar-refractivity contribution in [3.63, 3.8) is 0 Å². The van der Waals surface area contributed by atoms with Crippen molar-refractivity contribution < 1.29 is 25.8 Å². The minimum absolute atomic E-state index is 0. The van der Waals surface area contributed by atoms with Crippen molar-refractivity contribution in [3.8, 4) is 50.7 Å². The number of fused-ring (bicyclic) bond motifs is 4. The van der Waals surface area contributed by atoms with E-state index in [2.05, 4.69) is 281 Å². The molecule has 1 aliphatic heterocycles. The molecule has 0 spiro atoms. The van der Waals surface area contributed by atoms with Gasteiger partial charge in [0.2, 0.25) is 0 Å². The molecule has 0 N–H and O–H groups in total. The number of pyridine rings is 1. The summed E-state index contributed by atoms with van der Waals surface area (Å²) in [4.78, 5) is 9.80. The summed E-state index contributed by atoms with van der Waals surface area (Å²) in [6, 6.07) is 82.5. The van der Waals surface area contributed by atoms with Crippen LogP contribution in [0.15, 0.2) is 212 Å². The van der Waals surface area contributed by atoms with Gasteiger partial charge in [-0.15, -0.1) is 53.6 Å². The van der Waals surface area contributed by atoms with Crippen molar-refractivity contribution in [2.75, 3.05) is 9.80 Å². The maximum atomic E-state index is 7.23. The first-order valence-electron chi connectivity index (χ1n) is 28.3. The molecule has 0 bridgehead atoms. The average Bonchev–Trinajstić information content (AvgIpc) is 4.26. The Bertz CT molecular complexity index is 3940. The van der Waals surface area contributed by atoms with E-state index in [0.29, 0.717) is 17.4 Å². The van der Waals surface area contributed by atoms with Crippen molar-refractivity contribution in [1.29, 1.82) is 0 Å². The van der Waals surface area contributed by atoms with Crippen LogP contribution in [0.2, 0.25) is 0 Å². The maximum absolute atomic E-state index is 7.23. The van der Waals surface area contributed by atoms with Crippen molar-refractivity contribution in [1.82, 2.24) is 9.55 Å². The summed E-state index contributed by atoms with van der Waals surface area (Å²) in [7, 11) is 0. The Morgan fingerprint density at radius 1 is 0.512 bits per heavy atom. The predicted molar refractivity (Wildman–Crippen MR) is 328 cm³/mol. The second kappa shape index (κ2) is 21.9. The Labute approximate surface area is 486 Å². The Balaban J connectivity index is 0.00000637. The predicted octanol–water partition coefficient (Wildman–Crippen LogP) is 20.2. The number of aromatic nitrogens is 2. The molecular formula is C74H65N4OPt-3. The largest absolute Gasteiger partial charge is 0.509 e. The van der Waals surface area contributed by atoms with Crippen molar-refractivity contribution in [3.05, 3.63) is 259 Å². The number of ether oxygens (including phenoxy) is 1. The molecule has 0 amide bonds. The van der Waals surface area contributed by atoms with Crippen molar-refractivity contribution >= 4 is 44.6 Å². The second-order valence-corrected chi connectivity index (χ2v) is 22.5. The van der Waals surface area contributed by atoms with Gasteiger partial charge in [-0.05, 0) is 111 Å². The molecule has 6 heteroatoms. The van der Waals surface area contributed by atoms with E-state index in [4.69, 9.17) is 9.72 Å². The van der Waals surface area contributed by atoms with E-state index in [9.17, 15) is 0 Å². The normalized spacial score (nSPS) is 13.9. The first kappa shape index (κ1) is 52.7. The molecule has 400 valence electrons. The van der Waals surface area contributed by atoms with Gasteiger partial charge in [0.05, 0.1) is 0 Å². The monoisotopic (exact) mass is 1220 g/mol. The van der Waals surface area contributed by atoms with E-state index in [-0.39, 0.29) is 38.3 Å². The number of nitrogens with zero attached hydrogens (tertiary/aromatic N) is 4. The van der Waals surface area contributed by atoms with Crippen LogP contribution in [0.3, 0.4) is 0 Å². The first-order valence-corrected chi connectivity index (χ1v) is 28.3. The SMILES string of the molecule is CC(C)c1cc(C(C)C)c(-c2cc(Oc3[c-]c4c(cc3)c3ccccc3n4-c3cc(C4(c5ccccc5)CCCC4)ccn3)[c-]c(N3[CH-]N(c4c(-c5ccccc5)cccc4-c4ccccc4)c4ccccc43)c2)c(C(C)C)c1.[Pt]. The number of hydrogen-bond acceptors (Lipinski definition) is 4. The number of hydrogen-bond donors (Lipinski definition) is 0. The molecule has 5 nitrogen and oxygen atoms in total. The summed E-state index contributed by atoms with van der Waals surface area (Å²) in [5.41, 5.74) is 19.6. The molecule has 80 heavy (non-hydrogen) atoms. The smallest absolute Gasteiger partial charge is 0.135 e. The summed E-state index contributed by atoms with van der Waals surface area (Å²) in [5, 5.41) is 2.24. The Hall–Kier alpha value is -7.98. The Kier molecular flexibility index (Phi) is 14.4. The molecule has 13 rings (SSSR count). The van der Waals surface area contributed by atoms with Crippen LogP contribution in [0.1, 0.15) is 113 Å². The van der Waals surface area contributed by atoms with Gasteiger partial charge in [0, 0.05) is 77.9 Å². The van der Waals surface area contributed by atoms with Gasteiger partial charge in [0.25, 0.3) is 0 Å². The van der Waals surface area contributed by atoms with Gasteiger partial charge < -0.3 is 19.1 Å². The molecule has 9 aromatic carbocycles. The van der Waals surface area contributed by atoms with E-state index in [1.54, 1.807) is 0 Å². The van der Waals surface area contributed by atoms with Gasteiger partial charge in [-0.1, -0.05) is 212 Å². The summed E-state index contributed by atoms with van der Waals surface area (Å²) >= 11 is 0. The first-order chi connectivity index (χ1) is 38.6.